The Hall–Kier alpha value is -3.12. The van der Waals surface area contributed by atoms with Crippen molar-refractivity contribution in [2.24, 2.45) is 0 Å². The maximum absolute atomic E-state index is 12.8. The number of hydrogen-bond donors (Lipinski definition) is 2. The van der Waals surface area contributed by atoms with Crippen LogP contribution in [0.4, 0.5) is 10.8 Å². The fourth-order valence-electron chi connectivity index (χ4n) is 2.98. The van der Waals surface area contributed by atoms with Crippen molar-refractivity contribution in [1.82, 2.24) is 4.98 Å². The first-order chi connectivity index (χ1) is 12.7. The van der Waals surface area contributed by atoms with Crippen molar-refractivity contribution in [3.05, 3.63) is 60.2 Å². The van der Waals surface area contributed by atoms with Gasteiger partial charge in [0.2, 0.25) is 0 Å². The summed E-state index contributed by atoms with van der Waals surface area (Å²) >= 11 is 1.37. The first-order valence-corrected chi connectivity index (χ1v) is 9.09. The van der Waals surface area contributed by atoms with Crippen molar-refractivity contribution in [2.75, 3.05) is 17.7 Å². The summed E-state index contributed by atoms with van der Waals surface area (Å²) in [6, 6.07) is 17.2. The van der Waals surface area contributed by atoms with E-state index in [-0.39, 0.29) is 5.91 Å². The van der Waals surface area contributed by atoms with Crippen LogP contribution in [0.3, 0.4) is 0 Å². The van der Waals surface area contributed by atoms with Crippen molar-refractivity contribution in [3.63, 3.8) is 0 Å². The van der Waals surface area contributed by atoms with Crippen LogP contribution in [0.5, 0.6) is 5.75 Å². The third-order valence-corrected chi connectivity index (χ3v) is 4.90. The fourth-order valence-corrected chi connectivity index (χ4v) is 3.77. The number of benzene rings is 3. The van der Waals surface area contributed by atoms with Crippen LogP contribution < -0.4 is 15.8 Å². The van der Waals surface area contributed by atoms with Crippen LogP contribution in [0, 0.1) is 0 Å². The quantitative estimate of drug-likeness (QED) is 0.552. The highest BCUT2D eigenvalue weighted by atomic mass is 32.1. The van der Waals surface area contributed by atoms with Gasteiger partial charge in [-0.1, -0.05) is 47.7 Å². The molecular weight excluding hydrogens is 346 g/mol. The van der Waals surface area contributed by atoms with Crippen LogP contribution in [-0.2, 0) is 0 Å². The summed E-state index contributed by atoms with van der Waals surface area (Å²) in [5, 5.41) is 5.39. The number of rotatable bonds is 4. The number of anilines is 2. The Morgan fingerprint density at radius 3 is 2.85 bits per heavy atom. The molecule has 0 bridgehead atoms. The van der Waals surface area contributed by atoms with Gasteiger partial charge in [-0.05, 0) is 29.8 Å². The average molecular weight is 363 g/mol. The normalized spacial score (nSPS) is 11.0. The van der Waals surface area contributed by atoms with Crippen LogP contribution in [0.1, 0.15) is 17.3 Å². The molecule has 6 heteroatoms. The monoisotopic (exact) mass is 363 g/mol. The van der Waals surface area contributed by atoms with Crippen molar-refractivity contribution < 1.29 is 9.53 Å². The molecule has 4 rings (SSSR count). The van der Waals surface area contributed by atoms with Crippen LogP contribution in [-0.4, -0.2) is 17.5 Å². The lowest BCUT2D eigenvalue weighted by molar-refractivity contribution is 0.102. The number of fused-ring (bicyclic) bond motifs is 2. The summed E-state index contributed by atoms with van der Waals surface area (Å²) in [6.07, 6.45) is 0. The van der Waals surface area contributed by atoms with Gasteiger partial charge >= 0.3 is 0 Å². The number of carbonyl (C=O) groups excluding carboxylic acids is 1. The first kappa shape index (κ1) is 16.4. The second-order valence-corrected chi connectivity index (χ2v) is 6.85. The van der Waals surface area contributed by atoms with Gasteiger partial charge in [0.25, 0.3) is 5.91 Å². The molecule has 0 aliphatic heterocycles. The SMILES string of the molecule is CCOc1cc(NC(=O)c2cccc3ccccc23)cc2sc(N)nc12. The predicted octanol–water partition coefficient (Wildman–Crippen LogP) is 4.68. The highest BCUT2D eigenvalue weighted by molar-refractivity contribution is 7.22. The van der Waals surface area contributed by atoms with Gasteiger partial charge in [-0.15, -0.1) is 0 Å². The van der Waals surface area contributed by atoms with E-state index in [2.05, 4.69) is 10.3 Å². The zero-order valence-corrected chi connectivity index (χ0v) is 15.0. The van der Waals surface area contributed by atoms with Crippen molar-refractivity contribution in [1.29, 1.82) is 0 Å². The molecule has 0 aliphatic rings. The molecule has 0 radical (unpaired) electrons. The van der Waals surface area contributed by atoms with Gasteiger partial charge in [0.15, 0.2) is 5.13 Å². The Balaban J connectivity index is 1.73. The summed E-state index contributed by atoms with van der Waals surface area (Å²) in [6.45, 7) is 2.41. The third kappa shape index (κ3) is 2.95. The minimum absolute atomic E-state index is 0.166. The van der Waals surface area contributed by atoms with Gasteiger partial charge in [-0.3, -0.25) is 4.79 Å². The van der Waals surface area contributed by atoms with Gasteiger partial charge in [-0.25, -0.2) is 4.98 Å². The van der Waals surface area contributed by atoms with Crippen molar-refractivity contribution in [3.8, 4) is 5.75 Å². The number of nitrogen functional groups attached to an aromatic ring is 1. The van der Waals surface area contributed by atoms with E-state index < -0.39 is 0 Å². The summed E-state index contributed by atoms with van der Waals surface area (Å²) < 4.78 is 6.54. The number of thiazole rings is 1. The van der Waals surface area contributed by atoms with E-state index in [1.54, 1.807) is 6.07 Å². The third-order valence-electron chi connectivity index (χ3n) is 4.07. The molecule has 26 heavy (non-hydrogen) atoms. The van der Waals surface area contributed by atoms with Crippen LogP contribution in [0.15, 0.2) is 54.6 Å². The van der Waals surface area contributed by atoms with E-state index in [1.807, 2.05) is 55.5 Å². The number of nitrogens with zero attached hydrogens (tertiary/aromatic N) is 1. The number of ether oxygens (including phenoxy) is 1. The Labute approximate surface area is 154 Å². The molecule has 0 saturated heterocycles. The van der Waals surface area contributed by atoms with Crippen molar-refractivity contribution in [2.45, 2.75) is 6.92 Å². The molecule has 1 aromatic heterocycles. The Morgan fingerprint density at radius 2 is 2.00 bits per heavy atom. The number of carbonyl (C=O) groups is 1. The van der Waals surface area contributed by atoms with Gasteiger partial charge in [0.05, 0.1) is 11.3 Å². The lowest BCUT2D eigenvalue weighted by Gasteiger charge is -2.10. The average Bonchev–Trinajstić information content (AvgIpc) is 3.02. The molecule has 0 aliphatic carbocycles. The van der Waals surface area contributed by atoms with E-state index in [0.717, 1.165) is 21.0 Å². The minimum atomic E-state index is -0.166. The molecule has 4 aromatic rings. The zero-order chi connectivity index (χ0) is 18.1. The first-order valence-electron chi connectivity index (χ1n) is 8.27. The van der Waals surface area contributed by atoms with Crippen molar-refractivity contribution >= 4 is 49.1 Å². The fraction of sp³-hybridized carbons (Fsp3) is 0.100. The lowest BCUT2D eigenvalue weighted by Crippen LogP contribution is -2.12. The van der Waals surface area contributed by atoms with Crippen LogP contribution in [0.2, 0.25) is 0 Å². The molecule has 1 amide bonds. The Morgan fingerprint density at radius 1 is 1.19 bits per heavy atom. The smallest absolute Gasteiger partial charge is 0.256 e. The van der Waals surface area contributed by atoms with E-state index in [9.17, 15) is 4.79 Å². The molecule has 0 fully saturated rings. The number of hydrogen-bond acceptors (Lipinski definition) is 5. The van der Waals surface area contributed by atoms with E-state index in [4.69, 9.17) is 10.5 Å². The van der Waals surface area contributed by atoms with Gasteiger partial charge < -0.3 is 15.8 Å². The van der Waals surface area contributed by atoms with E-state index >= 15 is 0 Å². The largest absolute Gasteiger partial charge is 0.491 e. The lowest BCUT2D eigenvalue weighted by atomic mass is 10.0. The van der Waals surface area contributed by atoms with E-state index in [1.165, 1.54) is 11.3 Å². The second kappa shape index (κ2) is 6.65. The summed E-state index contributed by atoms with van der Waals surface area (Å²) in [5.41, 5.74) is 7.83. The predicted molar refractivity (Wildman–Crippen MR) is 107 cm³/mol. The molecule has 5 nitrogen and oxygen atoms in total. The second-order valence-electron chi connectivity index (χ2n) is 5.79. The summed E-state index contributed by atoms with van der Waals surface area (Å²) in [7, 11) is 0. The molecule has 3 N–H and O–H groups in total. The molecule has 3 aromatic carbocycles. The highest BCUT2D eigenvalue weighted by Crippen LogP contribution is 2.35. The number of nitrogens with one attached hydrogen (secondary N) is 1. The zero-order valence-electron chi connectivity index (χ0n) is 14.2. The molecule has 0 spiro atoms. The molecule has 130 valence electrons. The Kier molecular flexibility index (Phi) is 4.18. The van der Waals surface area contributed by atoms with Crippen LogP contribution >= 0.6 is 11.3 Å². The number of amides is 1. The molecule has 0 atom stereocenters. The summed E-state index contributed by atoms with van der Waals surface area (Å²) in [5.74, 6) is 0.451. The van der Waals surface area contributed by atoms with Gasteiger partial charge in [-0.2, -0.15) is 0 Å². The topological polar surface area (TPSA) is 77.2 Å². The molecule has 0 unspecified atom stereocenters. The minimum Gasteiger partial charge on any atom is -0.491 e. The highest BCUT2D eigenvalue weighted by Gasteiger charge is 2.14. The van der Waals surface area contributed by atoms with E-state index in [0.29, 0.717) is 28.7 Å². The number of nitrogens with two attached hydrogens (primary N) is 1. The maximum atomic E-state index is 12.8. The van der Waals surface area contributed by atoms with Crippen LogP contribution in [0.25, 0.3) is 21.0 Å². The molecular formula is C20H17N3O2S. The molecule has 1 heterocycles. The van der Waals surface area contributed by atoms with Gasteiger partial charge in [0.1, 0.15) is 11.3 Å². The summed E-state index contributed by atoms with van der Waals surface area (Å²) in [4.78, 5) is 17.2. The standard InChI is InChI=1S/C20H17N3O2S/c1-2-25-16-10-13(11-17-18(16)23-20(21)26-17)22-19(24)15-9-5-7-12-6-3-4-8-14(12)15/h3-11H,2H2,1H3,(H2,21,23)(H,22,24). The number of aromatic nitrogens is 1. The maximum Gasteiger partial charge on any atom is 0.256 e. The Bertz CT molecular complexity index is 1120. The molecule has 0 saturated carbocycles. The van der Waals surface area contributed by atoms with Gasteiger partial charge in [0, 0.05) is 17.3 Å².